The van der Waals surface area contributed by atoms with Crippen molar-refractivity contribution >= 4 is 22.0 Å². The van der Waals surface area contributed by atoms with Gasteiger partial charge in [-0.1, -0.05) is 82.7 Å². The van der Waals surface area contributed by atoms with Crippen molar-refractivity contribution in [3.05, 3.63) is 88.9 Å². The molecule has 1 aliphatic rings. The molecule has 3 atom stereocenters. The van der Waals surface area contributed by atoms with E-state index in [2.05, 4.69) is 69.9 Å². The SMILES string of the molecule is C=C[C@H]1C[C@@H](O)C[C@@H](/C=C/c2ccccc2Br)N1Cc1ccccc1. The molecule has 1 heterocycles. The van der Waals surface area contributed by atoms with Gasteiger partial charge in [-0.15, -0.1) is 6.58 Å². The molecule has 1 saturated heterocycles. The van der Waals surface area contributed by atoms with Gasteiger partial charge < -0.3 is 5.11 Å². The van der Waals surface area contributed by atoms with Crippen LogP contribution in [0.25, 0.3) is 6.08 Å². The second-order valence-electron chi connectivity index (χ2n) is 6.53. The van der Waals surface area contributed by atoms with E-state index in [1.165, 1.54) is 5.56 Å². The zero-order chi connectivity index (χ0) is 17.6. The zero-order valence-electron chi connectivity index (χ0n) is 14.3. The minimum absolute atomic E-state index is 0.179. The van der Waals surface area contributed by atoms with Crippen LogP contribution in [-0.2, 0) is 6.54 Å². The van der Waals surface area contributed by atoms with Crippen molar-refractivity contribution in [1.82, 2.24) is 4.90 Å². The van der Waals surface area contributed by atoms with Crippen molar-refractivity contribution in [1.29, 1.82) is 0 Å². The Morgan fingerprint density at radius 3 is 2.44 bits per heavy atom. The molecule has 0 unspecified atom stereocenters. The number of halogens is 1. The number of nitrogens with zero attached hydrogens (tertiary/aromatic N) is 1. The molecule has 1 aliphatic heterocycles. The average Bonchev–Trinajstić information content (AvgIpc) is 2.63. The Kier molecular flexibility index (Phi) is 6.24. The van der Waals surface area contributed by atoms with Crippen LogP contribution < -0.4 is 0 Å². The molecule has 0 radical (unpaired) electrons. The molecule has 3 heteroatoms. The van der Waals surface area contributed by atoms with Gasteiger partial charge in [0.15, 0.2) is 0 Å². The first kappa shape index (κ1) is 18.1. The van der Waals surface area contributed by atoms with Crippen molar-refractivity contribution in [2.24, 2.45) is 0 Å². The maximum Gasteiger partial charge on any atom is 0.0576 e. The van der Waals surface area contributed by atoms with Crippen LogP contribution in [0.15, 0.2) is 77.8 Å². The summed E-state index contributed by atoms with van der Waals surface area (Å²) in [5, 5.41) is 10.3. The van der Waals surface area contributed by atoms with E-state index in [1.807, 2.05) is 30.3 Å². The lowest BCUT2D eigenvalue weighted by molar-refractivity contribution is 0.0290. The highest BCUT2D eigenvalue weighted by Crippen LogP contribution is 2.28. The predicted octanol–water partition coefficient (Wildman–Crippen LogP) is 5.04. The van der Waals surface area contributed by atoms with E-state index in [0.29, 0.717) is 0 Å². The van der Waals surface area contributed by atoms with E-state index < -0.39 is 0 Å². The van der Waals surface area contributed by atoms with Gasteiger partial charge in [0, 0.05) is 23.1 Å². The van der Waals surface area contributed by atoms with Gasteiger partial charge in [0.25, 0.3) is 0 Å². The third-order valence-corrected chi connectivity index (χ3v) is 5.48. The molecule has 130 valence electrons. The summed E-state index contributed by atoms with van der Waals surface area (Å²) in [7, 11) is 0. The Labute approximate surface area is 158 Å². The Balaban J connectivity index is 1.84. The number of rotatable bonds is 5. The van der Waals surface area contributed by atoms with Gasteiger partial charge in [-0.2, -0.15) is 0 Å². The van der Waals surface area contributed by atoms with Crippen molar-refractivity contribution in [2.45, 2.75) is 37.6 Å². The van der Waals surface area contributed by atoms with Gasteiger partial charge in [-0.25, -0.2) is 0 Å². The summed E-state index contributed by atoms with van der Waals surface area (Å²) in [6.07, 6.45) is 7.52. The highest BCUT2D eigenvalue weighted by Gasteiger charge is 2.31. The fourth-order valence-corrected chi connectivity index (χ4v) is 3.86. The Morgan fingerprint density at radius 2 is 1.72 bits per heavy atom. The van der Waals surface area contributed by atoms with E-state index in [1.54, 1.807) is 0 Å². The summed E-state index contributed by atoms with van der Waals surface area (Å²) < 4.78 is 1.08. The normalized spacial score (nSPS) is 24.5. The van der Waals surface area contributed by atoms with E-state index in [-0.39, 0.29) is 18.2 Å². The first-order chi connectivity index (χ1) is 12.2. The van der Waals surface area contributed by atoms with Crippen LogP contribution in [0.1, 0.15) is 24.0 Å². The van der Waals surface area contributed by atoms with E-state index >= 15 is 0 Å². The summed E-state index contributed by atoms with van der Waals surface area (Å²) in [6, 6.07) is 19.0. The van der Waals surface area contributed by atoms with Crippen molar-refractivity contribution in [3.63, 3.8) is 0 Å². The summed E-state index contributed by atoms with van der Waals surface area (Å²) in [6.45, 7) is 4.85. The maximum absolute atomic E-state index is 10.3. The van der Waals surface area contributed by atoms with Gasteiger partial charge in [-0.3, -0.25) is 4.90 Å². The number of likely N-dealkylation sites (tertiary alicyclic amines) is 1. The maximum atomic E-state index is 10.3. The van der Waals surface area contributed by atoms with Gasteiger partial charge in [-0.05, 0) is 30.0 Å². The lowest BCUT2D eigenvalue weighted by Gasteiger charge is -2.42. The minimum atomic E-state index is -0.288. The number of aliphatic hydroxyl groups excluding tert-OH is 1. The summed E-state index contributed by atoms with van der Waals surface area (Å²) in [4.78, 5) is 2.43. The summed E-state index contributed by atoms with van der Waals surface area (Å²) in [5.41, 5.74) is 2.43. The molecule has 0 bridgehead atoms. The topological polar surface area (TPSA) is 23.5 Å². The molecule has 25 heavy (non-hydrogen) atoms. The number of benzene rings is 2. The van der Waals surface area contributed by atoms with Crippen molar-refractivity contribution in [3.8, 4) is 0 Å². The van der Waals surface area contributed by atoms with Crippen LogP contribution in [0, 0.1) is 0 Å². The van der Waals surface area contributed by atoms with Gasteiger partial charge >= 0.3 is 0 Å². The Bertz CT molecular complexity index is 728. The average molecular weight is 398 g/mol. The lowest BCUT2D eigenvalue weighted by Crippen LogP contribution is -2.48. The van der Waals surface area contributed by atoms with Gasteiger partial charge in [0.1, 0.15) is 0 Å². The number of aliphatic hydroxyl groups is 1. The van der Waals surface area contributed by atoms with Crippen LogP contribution in [0.4, 0.5) is 0 Å². The zero-order valence-corrected chi connectivity index (χ0v) is 15.8. The first-order valence-corrected chi connectivity index (χ1v) is 9.49. The lowest BCUT2D eigenvalue weighted by atomic mass is 9.91. The Morgan fingerprint density at radius 1 is 1.04 bits per heavy atom. The second kappa shape index (κ2) is 8.61. The Hall–Kier alpha value is -1.68. The molecule has 2 aromatic rings. The van der Waals surface area contributed by atoms with Crippen LogP contribution in [0.5, 0.6) is 0 Å². The molecule has 0 aromatic heterocycles. The van der Waals surface area contributed by atoms with Crippen molar-refractivity contribution < 1.29 is 5.11 Å². The highest BCUT2D eigenvalue weighted by molar-refractivity contribution is 9.10. The standard InChI is InChI=1S/C22H24BrNO/c1-2-19-14-21(25)15-20(13-12-18-10-6-7-11-22(18)23)24(19)16-17-8-4-3-5-9-17/h2-13,19-21,25H,1,14-16H2/b13-12+/t19-,20+,21+/m0/s1. The van der Waals surface area contributed by atoms with E-state index in [0.717, 1.165) is 29.4 Å². The van der Waals surface area contributed by atoms with E-state index in [4.69, 9.17) is 0 Å². The number of piperidine rings is 1. The molecule has 0 spiro atoms. The third kappa shape index (κ3) is 4.69. The molecular formula is C22H24BrNO. The van der Waals surface area contributed by atoms with Gasteiger partial charge in [0.2, 0.25) is 0 Å². The second-order valence-corrected chi connectivity index (χ2v) is 7.39. The summed E-state index contributed by atoms with van der Waals surface area (Å²) >= 11 is 3.60. The fraction of sp³-hybridized carbons (Fsp3) is 0.273. The van der Waals surface area contributed by atoms with Crippen molar-refractivity contribution in [2.75, 3.05) is 0 Å². The van der Waals surface area contributed by atoms with E-state index in [9.17, 15) is 5.11 Å². The smallest absolute Gasteiger partial charge is 0.0576 e. The number of hydrogen-bond donors (Lipinski definition) is 1. The minimum Gasteiger partial charge on any atom is -0.393 e. The van der Waals surface area contributed by atoms with Crippen LogP contribution in [0.3, 0.4) is 0 Å². The molecule has 1 N–H and O–H groups in total. The molecule has 0 aliphatic carbocycles. The highest BCUT2D eigenvalue weighted by atomic mass is 79.9. The molecule has 2 aromatic carbocycles. The molecular weight excluding hydrogens is 374 g/mol. The largest absolute Gasteiger partial charge is 0.393 e. The van der Waals surface area contributed by atoms with Crippen LogP contribution >= 0.6 is 15.9 Å². The van der Waals surface area contributed by atoms with Gasteiger partial charge in [0.05, 0.1) is 6.10 Å². The molecule has 0 saturated carbocycles. The fourth-order valence-electron chi connectivity index (χ4n) is 3.44. The van der Waals surface area contributed by atoms with Crippen LogP contribution in [0.2, 0.25) is 0 Å². The predicted molar refractivity (Wildman–Crippen MR) is 108 cm³/mol. The molecule has 2 nitrogen and oxygen atoms in total. The third-order valence-electron chi connectivity index (χ3n) is 4.76. The first-order valence-electron chi connectivity index (χ1n) is 8.70. The summed E-state index contributed by atoms with van der Waals surface area (Å²) in [5.74, 6) is 0. The molecule has 0 amide bonds. The monoisotopic (exact) mass is 397 g/mol. The molecule has 1 fully saturated rings. The molecule has 3 rings (SSSR count). The quantitative estimate of drug-likeness (QED) is 0.714. The van der Waals surface area contributed by atoms with Crippen LogP contribution in [-0.4, -0.2) is 28.2 Å². The number of hydrogen-bond acceptors (Lipinski definition) is 2.